The summed E-state index contributed by atoms with van der Waals surface area (Å²) >= 11 is 0. The maximum absolute atomic E-state index is 15.1. The Bertz CT molecular complexity index is 1800. The number of carboxylic acid groups (broad SMARTS) is 1. The number of piperidine rings is 1. The van der Waals surface area contributed by atoms with Gasteiger partial charge in [-0.05, 0) is 107 Å². The van der Waals surface area contributed by atoms with Gasteiger partial charge in [0.2, 0.25) is 5.91 Å². The first-order chi connectivity index (χ1) is 26.9. The summed E-state index contributed by atoms with van der Waals surface area (Å²) in [5, 5.41) is 12.1. The minimum absolute atomic E-state index is 0.0643. The van der Waals surface area contributed by atoms with Gasteiger partial charge in [0.25, 0.3) is 0 Å². The van der Waals surface area contributed by atoms with Crippen molar-refractivity contribution in [1.29, 1.82) is 0 Å². The Morgan fingerprint density at radius 3 is 2.34 bits per heavy atom. The number of ether oxygens (including phenoxy) is 1. The normalized spacial score (nSPS) is 24.6. The van der Waals surface area contributed by atoms with Crippen LogP contribution in [0, 0.1) is 23.6 Å². The van der Waals surface area contributed by atoms with Gasteiger partial charge in [-0.3, -0.25) is 9.69 Å². The highest BCUT2D eigenvalue weighted by molar-refractivity contribution is 7.92. The number of likely N-dealkylation sites (tertiary alicyclic amines) is 2. The third-order valence-electron chi connectivity index (χ3n) is 13.1. The largest absolute Gasteiger partial charge is 0.465 e. The van der Waals surface area contributed by atoms with Crippen LogP contribution in [-0.2, 0) is 24.8 Å². The molecule has 4 heterocycles. The minimum Gasteiger partial charge on any atom is -0.465 e. The molecule has 306 valence electrons. The molecule has 7 rings (SSSR count). The number of likely N-dealkylation sites (N-methyl/N-ethyl adjacent to an activating group) is 1. The molecule has 2 N–H and O–H groups in total. The van der Waals surface area contributed by atoms with E-state index in [0.717, 1.165) is 95.7 Å². The molecule has 2 aromatic rings. The molecule has 14 heteroatoms. The van der Waals surface area contributed by atoms with Crippen LogP contribution in [0.2, 0.25) is 0 Å². The zero-order chi connectivity index (χ0) is 39.5. The van der Waals surface area contributed by atoms with E-state index < -0.39 is 26.6 Å². The van der Waals surface area contributed by atoms with Crippen LogP contribution in [0.25, 0.3) is 0 Å². The van der Waals surface area contributed by atoms with E-state index in [2.05, 4.69) is 26.1 Å². The fourth-order valence-corrected chi connectivity index (χ4v) is 11.8. The van der Waals surface area contributed by atoms with Gasteiger partial charge in [0.05, 0.1) is 18.1 Å². The second-order valence-corrected chi connectivity index (χ2v) is 19.2. The molecule has 0 radical (unpaired) electrons. The standard InChI is InChI=1S/C42H59FN6O6S/c1-45(2)17-5-10-40(50)49-28-37(29-49)56(53,54)36-13-11-35(12-14-36)48-26-31(27-48)25-46-18-15-32(16-19-46)42(30-47-20-22-55-23-21-47,33-6-3-7-34(43)24-33)38-8-4-9-39(38)44-41(51)52/h3,5-7,10-14,24,31-32,37-39,44H,4,8-9,15-23,25-30H2,1-2H3,(H,51,52)/b10-5+/t38-,39-,42-/m0/s1. The summed E-state index contributed by atoms with van der Waals surface area (Å²) in [5.41, 5.74) is 1.61. The predicted molar refractivity (Wildman–Crippen MR) is 214 cm³/mol. The van der Waals surface area contributed by atoms with Crippen LogP contribution in [0.4, 0.5) is 14.9 Å². The van der Waals surface area contributed by atoms with Crippen LogP contribution in [0.5, 0.6) is 0 Å². The fourth-order valence-electron chi connectivity index (χ4n) is 10.1. The van der Waals surface area contributed by atoms with Gasteiger partial charge in [-0.1, -0.05) is 24.6 Å². The Morgan fingerprint density at radius 2 is 1.68 bits per heavy atom. The van der Waals surface area contributed by atoms with Crippen molar-refractivity contribution in [3.05, 3.63) is 72.1 Å². The van der Waals surface area contributed by atoms with E-state index in [1.807, 2.05) is 37.2 Å². The molecule has 2 aromatic carbocycles. The number of benzene rings is 2. The molecule has 1 saturated carbocycles. The van der Waals surface area contributed by atoms with Crippen molar-refractivity contribution in [2.24, 2.45) is 17.8 Å². The van der Waals surface area contributed by atoms with E-state index in [1.165, 1.54) is 12.1 Å². The second kappa shape index (κ2) is 17.5. The van der Waals surface area contributed by atoms with Gasteiger partial charge < -0.3 is 34.8 Å². The van der Waals surface area contributed by atoms with Gasteiger partial charge >= 0.3 is 6.09 Å². The molecule has 0 bridgehead atoms. The van der Waals surface area contributed by atoms with Crippen molar-refractivity contribution in [3.8, 4) is 0 Å². The second-order valence-electron chi connectivity index (χ2n) is 16.9. The molecular formula is C42H59FN6O6S. The lowest BCUT2D eigenvalue weighted by atomic mass is 9.58. The van der Waals surface area contributed by atoms with Crippen LogP contribution in [-0.4, -0.2) is 156 Å². The van der Waals surface area contributed by atoms with Gasteiger partial charge in [0, 0.05) is 88.0 Å². The summed E-state index contributed by atoms with van der Waals surface area (Å²) in [4.78, 5) is 35.5. The molecule has 5 fully saturated rings. The minimum atomic E-state index is -3.53. The Labute approximate surface area is 331 Å². The van der Waals surface area contributed by atoms with Gasteiger partial charge in [-0.15, -0.1) is 0 Å². The molecule has 0 spiro atoms. The smallest absolute Gasteiger partial charge is 0.404 e. The number of morpholine rings is 1. The number of nitrogens with zero attached hydrogens (tertiary/aromatic N) is 5. The average molecular weight is 795 g/mol. The monoisotopic (exact) mass is 794 g/mol. The molecule has 1 aliphatic carbocycles. The highest BCUT2D eigenvalue weighted by atomic mass is 32.2. The Morgan fingerprint density at radius 1 is 0.964 bits per heavy atom. The summed E-state index contributed by atoms with van der Waals surface area (Å²) in [7, 11) is 0.315. The Hall–Kier alpha value is -3.56. The maximum Gasteiger partial charge on any atom is 0.404 e. The fraction of sp³-hybridized carbons (Fsp3) is 0.619. The van der Waals surface area contributed by atoms with Crippen molar-refractivity contribution in [2.45, 2.75) is 53.7 Å². The lowest BCUT2D eigenvalue weighted by Gasteiger charge is -2.53. The lowest BCUT2D eigenvalue weighted by Crippen LogP contribution is -2.59. The first-order valence-electron chi connectivity index (χ1n) is 20.4. The molecule has 0 unspecified atom stereocenters. The molecule has 5 aliphatic rings. The number of amides is 2. The number of sulfone groups is 1. The highest BCUT2D eigenvalue weighted by Crippen LogP contribution is 2.51. The van der Waals surface area contributed by atoms with Crippen molar-refractivity contribution in [2.75, 3.05) is 104 Å². The van der Waals surface area contributed by atoms with Crippen molar-refractivity contribution in [1.82, 2.24) is 24.9 Å². The molecule has 56 heavy (non-hydrogen) atoms. The number of nitrogens with one attached hydrogen (secondary N) is 1. The number of carbonyl (C=O) groups excluding carboxylic acids is 1. The van der Waals surface area contributed by atoms with Crippen molar-refractivity contribution >= 4 is 27.5 Å². The summed E-state index contributed by atoms with van der Waals surface area (Å²) in [6.45, 7) is 9.47. The van der Waals surface area contributed by atoms with Crippen molar-refractivity contribution < 1.29 is 32.2 Å². The lowest BCUT2D eigenvalue weighted by molar-refractivity contribution is -0.129. The maximum atomic E-state index is 15.1. The van der Waals surface area contributed by atoms with E-state index >= 15 is 4.39 Å². The van der Waals surface area contributed by atoms with Crippen LogP contribution in [0.15, 0.2) is 65.6 Å². The van der Waals surface area contributed by atoms with Gasteiger partial charge in [-0.25, -0.2) is 17.6 Å². The molecule has 4 saturated heterocycles. The number of anilines is 1. The zero-order valence-corrected chi connectivity index (χ0v) is 33.7. The van der Waals surface area contributed by atoms with Gasteiger partial charge in [-0.2, -0.15) is 0 Å². The quantitative estimate of drug-likeness (QED) is 0.273. The Kier molecular flexibility index (Phi) is 12.7. The first-order valence-corrected chi connectivity index (χ1v) is 21.9. The van der Waals surface area contributed by atoms with Crippen LogP contribution >= 0.6 is 0 Å². The third kappa shape index (κ3) is 8.94. The molecule has 0 aromatic heterocycles. The number of hydrogen-bond acceptors (Lipinski definition) is 9. The summed E-state index contributed by atoms with van der Waals surface area (Å²) in [6, 6.07) is 14.1. The van der Waals surface area contributed by atoms with Crippen LogP contribution in [0.1, 0.15) is 37.7 Å². The average Bonchev–Trinajstić information content (AvgIpc) is 3.59. The Balaban J connectivity index is 0.955. The molecule has 12 nitrogen and oxygen atoms in total. The van der Waals surface area contributed by atoms with E-state index in [4.69, 9.17) is 4.74 Å². The molecular weight excluding hydrogens is 736 g/mol. The van der Waals surface area contributed by atoms with Crippen molar-refractivity contribution in [3.63, 3.8) is 0 Å². The molecule has 2 amide bonds. The van der Waals surface area contributed by atoms with E-state index in [9.17, 15) is 23.1 Å². The van der Waals surface area contributed by atoms with E-state index in [1.54, 1.807) is 29.2 Å². The first kappa shape index (κ1) is 40.6. The van der Waals surface area contributed by atoms with Crippen LogP contribution < -0.4 is 10.2 Å². The highest BCUT2D eigenvalue weighted by Gasteiger charge is 2.53. The van der Waals surface area contributed by atoms with E-state index in [-0.39, 0.29) is 42.7 Å². The topological polar surface area (TPSA) is 126 Å². The van der Waals surface area contributed by atoms with Crippen LogP contribution in [0.3, 0.4) is 0 Å². The van der Waals surface area contributed by atoms with Gasteiger partial charge in [0.15, 0.2) is 9.84 Å². The predicted octanol–water partition coefficient (Wildman–Crippen LogP) is 3.78. The number of halogens is 1. The number of rotatable bonds is 14. The number of hydrogen-bond donors (Lipinski definition) is 2. The zero-order valence-electron chi connectivity index (χ0n) is 32.9. The van der Waals surface area contributed by atoms with E-state index in [0.29, 0.717) is 30.6 Å². The summed E-state index contributed by atoms with van der Waals surface area (Å²) in [6.07, 6.45) is 6.89. The third-order valence-corrected chi connectivity index (χ3v) is 15.2. The summed E-state index contributed by atoms with van der Waals surface area (Å²) < 4.78 is 47.4. The number of carbonyl (C=O) groups is 2. The summed E-state index contributed by atoms with van der Waals surface area (Å²) in [5.74, 6) is 0.430. The molecule has 3 atom stereocenters. The van der Waals surface area contributed by atoms with Gasteiger partial charge in [0.1, 0.15) is 11.1 Å². The molecule has 4 aliphatic heterocycles. The SMILES string of the molecule is CN(C)C/C=C/C(=O)N1CC(S(=O)(=O)c2ccc(N3CC(CN4CCC([C@@](CN5CCOCC5)(c5cccc(F)c5)[C@H]5CCC[C@@H]5NC(=O)O)CC4)C3)cc2)C1.